The Morgan fingerprint density at radius 2 is 1.54 bits per heavy atom. The fraction of sp³-hybridized carbons (Fsp3) is 0. The Morgan fingerprint density at radius 1 is 0.917 bits per heavy atom. The number of nitrogens with zero attached hydrogens (tertiary/aromatic N) is 2. The molecule has 0 radical (unpaired) electrons. The third kappa shape index (κ3) is 4.34. The van der Waals surface area contributed by atoms with Gasteiger partial charge in [0.2, 0.25) is 5.91 Å². The average molecular weight is 356 g/mol. The molecule has 2 heterocycles. The molecular weight excluding hydrogens is 344 g/mol. The molecule has 3 rings (SSSR count). The van der Waals surface area contributed by atoms with Gasteiger partial charge in [-0.3, -0.25) is 20.2 Å². The lowest BCUT2D eigenvalue weighted by Gasteiger charge is -2.02. The zero-order chi connectivity index (χ0) is 16.8. The topological polar surface area (TPSA) is 84.0 Å². The van der Waals surface area contributed by atoms with E-state index < -0.39 is 0 Å². The summed E-state index contributed by atoms with van der Waals surface area (Å²) in [6.07, 6.45) is 6.35. The highest BCUT2D eigenvalue weighted by atomic mass is 32.1. The molecule has 120 valence electrons. The summed E-state index contributed by atoms with van der Waals surface area (Å²) in [5.74, 6) is -0.475. The van der Waals surface area contributed by atoms with E-state index in [0.717, 1.165) is 5.56 Å². The van der Waals surface area contributed by atoms with E-state index in [1.807, 2.05) is 0 Å². The predicted molar refractivity (Wildman–Crippen MR) is 96.3 cm³/mol. The predicted octanol–water partition coefficient (Wildman–Crippen LogP) is 3.50. The second-order valence-corrected chi connectivity index (χ2v) is 6.36. The lowest BCUT2D eigenvalue weighted by Crippen LogP contribution is -2.11. The Labute approximate surface area is 145 Å². The fourth-order valence-electron chi connectivity index (χ4n) is 1.80. The summed E-state index contributed by atoms with van der Waals surface area (Å²) < 4.78 is 0. The van der Waals surface area contributed by atoms with E-state index in [1.54, 1.807) is 53.5 Å². The van der Waals surface area contributed by atoms with Crippen LogP contribution in [0.3, 0.4) is 0 Å². The molecule has 0 aliphatic carbocycles. The van der Waals surface area contributed by atoms with Gasteiger partial charge in [0.25, 0.3) is 5.91 Å². The second-order valence-electron chi connectivity index (χ2n) is 4.57. The molecule has 2 N–H and O–H groups in total. The van der Waals surface area contributed by atoms with Crippen molar-refractivity contribution >= 4 is 50.8 Å². The van der Waals surface area contributed by atoms with Crippen LogP contribution in [0.1, 0.15) is 15.9 Å². The van der Waals surface area contributed by atoms with Gasteiger partial charge >= 0.3 is 0 Å². The lowest BCUT2D eigenvalue weighted by molar-refractivity contribution is -0.111. The van der Waals surface area contributed by atoms with Crippen LogP contribution in [-0.2, 0) is 4.79 Å². The normalized spacial score (nSPS) is 10.7. The second kappa shape index (κ2) is 7.62. The molecule has 2 aromatic heterocycles. The number of hydrogen-bond acceptors (Lipinski definition) is 6. The molecule has 8 heteroatoms. The van der Waals surface area contributed by atoms with E-state index in [-0.39, 0.29) is 11.8 Å². The smallest absolute Gasteiger partial charge is 0.257 e. The molecule has 0 saturated carbocycles. The van der Waals surface area contributed by atoms with Gasteiger partial charge in [-0.25, -0.2) is 9.97 Å². The van der Waals surface area contributed by atoms with E-state index in [9.17, 15) is 9.59 Å². The highest BCUT2D eigenvalue weighted by Crippen LogP contribution is 2.14. The van der Waals surface area contributed by atoms with Gasteiger partial charge in [-0.1, -0.05) is 12.1 Å². The Morgan fingerprint density at radius 3 is 2.12 bits per heavy atom. The number of thiazole rings is 2. The van der Waals surface area contributed by atoms with Crippen molar-refractivity contribution in [1.82, 2.24) is 9.97 Å². The molecule has 1 aromatic carbocycles. The van der Waals surface area contributed by atoms with Crippen molar-refractivity contribution < 1.29 is 9.59 Å². The maximum Gasteiger partial charge on any atom is 0.257 e. The van der Waals surface area contributed by atoms with Gasteiger partial charge in [0.15, 0.2) is 10.3 Å². The Balaban J connectivity index is 1.58. The van der Waals surface area contributed by atoms with Crippen molar-refractivity contribution in [2.24, 2.45) is 0 Å². The van der Waals surface area contributed by atoms with Crippen LogP contribution >= 0.6 is 22.7 Å². The Hall–Kier alpha value is -2.84. The van der Waals surface area contributed by atoms with Gasteiger partial charge in [-0.15, -0.1) is 22.7 Å². The van der Waals surface area contributed by atoms with Crippen LogP contribution < -0.4 is 10.6 Å². The summed E-state index contributed by atoms with van der Waals surface area (Å²) in [7, 11) is 0. The SMILES string of the molecule is O=C(C=Cc1ccc(C(=O)Nc2nccs2)cc1)Nc1nccs1. The van der Waals surface area contributed by atoms with Crippen molar-refractivity contribution in [3.8, 4) is 0 Å². The summed E-state index contributed by atoms with van der Waals surface area (Å²) in [4.78, 5) is 31.8. The number of nitrogens with one attached hydrogen (secondary N) is 2. The first-order valence-electron chi connectivity index (χ1n) is 6.90. The van der Waals surface area contributed by atoms with Gasteiger partial charge < -0.3 is 0 Å². The van der Waals surface area contributed by atoms with E-state index >= 15 is 0 Å². The van der Waals surface area contributed by atoms with Crippen molar-refractivity contribution in [1.29, 1.82) is 0 Å². The lowest BCUT2D eigenvalue weighted by atomic mass is 10.1. The van der Waals surface area contributed by atoms with Crippen LogP contribution in [0.5, 0.6) is 0 Å². The maximum absolute atomic E-state index is 12.0. The first-order valence-corrected chi connectivity index (χ1v) is 8.66. The Bertz CT molecular complexity index is 841. The minimum atomic E-state index is -0.254. The maximum atomic E-state index is 12.0. The molecule has 0 saturated heterocycles. The summed E-state index contributed by atoms with van der Waals surface area (Å²) in [5, 5.41) is 10.1. The number of amides is 2. The molecule has 0 fully saturated rings. The monoisotopic (exact) mass is 356 g/mol. The van der Waals surface area contributed by atoms with Crippen LogP contribution in [0.2, 0.25) is 0 Å². The number of carbonyl (C=O) groups excluding carboxylic acids is 2. The number of rotatable bonds is 5. The molecule has 24 heavy (non-hydrogen) atoms. The highest BCUT2D eigenvalue weighted by molar-refractivity contribution is 7.14. The van der Waals surface area contributed by atoms with Gasteiger partial charge in [0.05, 0.1) is 0 Å². The standard InChI is InChI=1S/C16H12N4O2S2/c21-13(19-15-17-7-9-23-15)6-3-11-1-4-12(5-2-11)14(22)20-16-18-8-10-24-16/h1-10H,(H,17,19,21)(H,18,20,22). The van der Waals surface area contributed by atoms with E-state index in [4.69, 9.17) is 0 Å². The summed E-state index contributed by atoms with van der Waals surface area (Å²) in [6.45, 7) is 0. The van der Waals surface area contributed by atoms with Gasteiger partial charge in [0.1, 0.15) is 0 Å². The molecule has 0 aliphatic heterocycles. The number of anilines is 2. The van der Waals surface area contributed by atoms with Crippen LogP contribution in [-0.4, -0.2) is 21.8 Å². The molecule has 2 amide bonds. The number of hydrogen-bond donors (Lipinski definition) is 2. The molecule has 0 bridgehead atoms. The van der Waals surface area contributed by atoms with Gasteiger partial charge in [0, 0.05) is 34.8 Å². The number of carbonyl (C=O) groups is 2. The van der Waals surface area contributed by atoms with Gasteiger partial charge in [-0.05, 0) is 23.8 Å². The largest absolute Gasteiger partial charge is 0.298 e. The zero-order valence-corrected chi connectivity index (χ0v) is 13.9. The number of benzene rings is 1. The molecule has 0 unspecified atom stereocenters. The first-order chi connectivity index (χ1) is 11.7. The van der Waals surface area contributed by atoms with Crippen LogP contribution in [0, 0.1) is 0 Å². The summed E-state index contributed by atoms with van der Waals surface area (Å²) in [6, 6.07) is 6.93. The average Bonchev–Trinajstić information content (AvgIpc) is 3.27. The van der Waals surface area contributed by atoms with Crippen LogP contribution in [0.25, 0.3) is 6.08 Å². The third-order valence-corrected chi connectivity index (χ3v) is 4.29. The minimum Gasteiger partial charge on any atom is -0.298 e. The van der Waals surface area contributed by atoms with Gasteiger partial charge in [-0.2, -0.15) is 0 Å². The minimum absolute atomic E-state index is 0.220. The molecule has 6 nitrogen and oxygen atoms in total. The number of aromatic nitrogens is 2. The molecule has 0 aliphatic rings. The molecule has 0 spiro atoms. The van der Waals surface area contributed by atoms with Crippen molar-refractivity contribution in [2.75, 3.05) is 10.6 Å². The third-order valence-electron chi connectivity index (χ3n) is 2.92. The first kappa shape index (κ1) is 16.0. The van der Waals surface area contributed by atoms with Crippen LogP contribution in [0.15, 0.2) is 53.5 Å². The van der Waals surface area contributed by atoms with E-state index in [2.05, 4.69) is 20.6 Å². The highest BCUT2D eigenvalue weighted by Gasteiger charge is 2.07. The Kier molecular flexibility index (Phi) is 5.09. The van der Waals surface area contributed by atoms with Crippen molar-refractivity contribution in [2.45, 2.75) is 0 Å². The summed E-state index contributed by atoms with van der Waals surface area (Å²) in [5.41, 5.74) is 1.34. The van der Waals surface area contributed by atoms with Crippen molar-refractivity contribution in [3.05, 3.63) is 64.6 Å². The molecule has 3 aromatic rings. The molecule has 0 atom stereocenters. The summed E-state index contributed by atoms with van der Waals surface area (Å²) >= 11 is 2.71. The fourth-order valence-corrected chi connectivity index (χ4v) is 2.86. The van der Waals surface area contributed by atoms with E-state index in [0.29, 0.717) is 15.8 Å². The zero-order valence-electron chi connectivity index (χ0n) is 12.3. The quantitative estimate of drug-likeness (QED) is 0.685. The van der Waals surface area contributed by atoms with Crippen molar-refractivity contribution in [3.63, 3.8) is 0 Å². The van der Waals surface area contributed by atoms with E-state index in [1.165, 1.54) is 28.7 Å². The van der Waals surface area contributed by atoms with Crippen LogP contribution in [0.4, 0.5) is 10.3 Å². The molecular formula is C16H12N4O2S2.